The molecule has 0 aliphatic heterocycles. The summed E-state index contributed by atoms with van der Waals surface area (Å²) >= 11 is 0. The number of aliphatic hydroxyl groups is 1. The van der Waals surface area contributed by atoms with Crippen LogP contribution in [0.1, 0.15) is 37.7 Å². The summed E-state index contributed by atoms with van der Waals surface area (Å²) in [6.45, 7) is 0.310. The second-order valence-corrected chi connectivity index (χ2v) is 5.35. The molecule has 1 N–H and O–H groups in total. The third kappa shape index (κ3) is 4.09. The molecule has 0 atom stereocenters. The maximum Gasteiger partial charge on any atom is 0.188 e. The monoisotopic (exact) mass is 296 g/mol. The summed E-state index contributed by atoms with van der Waals surface area (Å²) in [5, 5.41) is 10.9. The second-order valence-electron chi connectivity index (χ2n) is 5.35. The molecule has 5 heteroatoms. The Balaban J connectivity index is 2.25. The molecule has 0 spiro atoms. The molecule has 1 aromatic rings. The van der Waals surface area contributed by atoms with Crippen LogP contribution in [0.2, 0.25) is 0 Å². The molecule has 0 saturated heterocycles. The van der Waals surface area contributed by atoms with Crippen molar-refractivity contribution in [2.45, 2.75) is 37.7 Å². The molecule has 1 saturated carbocycles. The lowest BCUT2D eigenvalue weighted by molar-refractivity contribution is -0.00817. The van der Waals surface area contributed by atoms with Gasteiger partial charge in [-0.15, -0.1) is 0 Å². The Hall–Kier alpha value is -1.30. The molecule has 1 aliphatic carbocycles. The van der Waals surface area contributed by atoms with Gasteiger partial charge in [-0.3, -0.25) is 0 Å². The van der Waals surface area contributed by atoms with E-state index in [1.165, 1.54) is 6.42 Å². The Morgan fingerprint density at radius 2 is 1.67 bits per heavy atom. The van der Waals surface area contributed by atoms with Crippen molar-refractivity contribution in [3.05, 3.63) is 23.8 Å². The summed E-state index contributed by atoms with van der Waals surface area (Å²) in [7, 11) is 3.14. The zero-order valence-electron chi connectivity index (χ0n) is 12.8. The smallest absolute Gasteiger partial charge is 0.188 e. The Kier molecular flexibility index (Phi) is 5.85. The van der Waals surface area contributed by atoms with Gasteiger partial charge in [0.2, 0.25) is 0 Å². The van der Waals surface area contributed by atoms with E-state index in [1.807, 2.05) is 12.1 Å². The number of rotatable bonds is 7. The molecule has 1 fully saturated rings. The van der Waals surface area contributed by atoms with Crippen molar-refractivity contribution < 1.29 is 24.1 Å². The molecule has 1 aliphatic rings. The standard InChI is InChI=1S/C16H24O5/c1-18-11-20-13-6-7-14(15(10-13)21-12-19-2)16(17)8-4-3-5-9-16/h6-7,10,17H,3-5,8-9,11-12H2,1-2H3. The van der Waals surface area contributed by atoms with E-state index in [2.05, 4.69) is 0 Å². The lowest BCUT2D eigenvalue weighted by Crippen LogP contribution is -2.29. The van der Waals surface area contributed by atoms with Crippen molar-refractivity contribution in [1.29, 1.82) is 0 Å². The SMILES string of the molecule is COCOc1ccc(C2(O)CCCCC2)c(OCOC)c1. The number of methoxy groups -OCH3 is 2. The largest absolute Gasteiger partial charge is 0.467 e. The highest BCUT2D eigenvalue weighted by Crippen LogP contribution is 2.42. The van der Waals surface area contributed by atoms with Gasteiger partial charge in [0.15, 0.2) is 13.6 Å². The average molecular weight is 296 g/mol. The molecule has 0 unspecified atom stereocenters. The van der Waals surface area contributed by atoms with Crippen LogP contribution >= 0.6 is 0 Å². The third-order valence-electron chi connectivity index (χ3n) is 3.81. The Morgan fingerprint density at radius 1 is 1.00 bits per heavy atom. The van der Waals surface area contributed by atoms with Crippen LogP contribution in [0.4, 0.5) is 0 Å². The fraction of sp³-hybridized carbons (Fsp3) is 0.625. The van der Waals surface area contributed by atoms with E-state index in [-0.39, 0.29) is 13.6 Å². The van der Waals surface area contributed by atoms with Crippen molar-refractivity contribution in [3.8, 4) is 11.5 Å². The van der Waals surface area contributed by atoms with Gasteiger partial charge in [0.25, 0.3) is 0 Å². The normalized spacial score (nSPS) is 17.5. The van der Waals surface area contributed by atoms with Gasteiger partial charge in [-0.25, -0.2) is 0 Å². The maximum absolute atomic E-state index is 10.9. The van der Waals surface area contributed by atoms with Gasteiger partial charge in [-0.1, -0.05) is 19.3 Å². The first kappa shape index (κ1) is 16.1. The molecular weight excluding hydrogens is 272 g/mol. The van der Waals surface area contributed by atoms with Crippen molar-refractivity contribution >= 4 is 0 Å². The van der Waals surface area contributed by atoms with Gasteiger partial charge in [0.05, 0.1) is 5.60 Å². The number of hydrogen-bond acceptors (Lipinski definition) is 5. The van der Waals surface area contributed by atoms with E-state index in [0.29, 0.717) is 11.5 Å². The first-order chi connectivity index (χ1) is 10.2. The molecule has 2 rings (SSSR count). The van der Waals surface area contributed by atoms with Gasteiger partial charge in [0.1, 0.15) is 11.5 Å². The molecule has 0 bridgehead atoms. The van der Waals surface area contributed by atoms with Crippen LogP contribution in [0.5, 0.6) is 11.5 Å². The van der Waals surface area contributed by atoms with E-state index in [4.69, 9.17) is 18.9 Å². The lowest BCUT2D eigenvalue weighted by Gasteiger charge is -2.33. The summed E-state index contributed by atoms with van der Waals surface area (Å²) in [6.07, 6.45) is 4.75. The number of benzene rings is 1. The predicted molar refractivity (Wildman–Crippen MR) is 78.4 cm³/mol. The number of ether oxygens (including phenoxy) is 4. The molecular formula is C16H24O5. The van der Waals surface area contributed by atoms with Gasteiger partial charge in [-0.2, -0.15) is 0 Å². The molecule has 0 radical (unpaired) electrons. The number of hydrogen-bond donors (Lipinski definition) is 1. The quantitative estimate of drug-likeness (QED) is 0.784. The first-order valence-electron chi connectivity index (χ1n) is 7.30. The Bertz CT molecular complexity index is 440. The Labute approximate surface area is 125 Å². The fourth-order valence-electron chi connectivity index (χ4n) is 2.75. The second kappa shape index (κ2) is 7.64. The minimum atomic E-state index is -0.818. The zero-order chi connectivity index (χ0) is 15.1. The molecule has 21 heavy (non-hydrogen) atoms. The predicted octanol–water partition coefficient (Wildman–Crippen LogP) is 2.80. The summed E-state index contributed by atoms with van der Waals surface area (Å²) in [5.74, 6) is 1.25. The van der Waals surface area contributed by atoms with Crippen LogP contribution in [-0.4, -0.2) is 32.9 Å². The average Bonchev–Trinajstić information content (AvgIpc) is 2.51. The van der Waals surface area contributed by atoms with Crippen molar-refractivity contribution in [2.75, 3.05) is 27.8 Å². The van der Waals surface area contributed by atoms with E-state index < -0.39 is 5.60 Å². The zero-order valence-corrected chi connectivity index (χ0v) is 12.8. The molecule has 5 nitrogen and oxygen atoms in total. The highest BCUT2D eigenvalue weighted by Gasteiger charge is 2.34. The highest BCUT2D eigenvalue weighted by atomic mass is 16.7. The lowest BCUT2D eigenvalue weighted by atomic mass is 9.79. The summed E-state index contributed by atoms with van der Waals surface area (Å²) < 4.78 is 20.9. The van der Waals surface area contributed by atoms with Gasteiger partial charge >= 0.3 is 0 Å². The van der Waals surface area contributed by atoms with E-state index >= 15 is 0 Å². The minimum Gasteiger partial charge on any atom is -0.467 e. The van der Waals surface area contributed by atoms with Crippen LogP contribution in [-0.2, 0) is 15.1 Å². The molecule has 1 aromatic carbocycles. The summed E-state index contributed by atoms with van der Waals surface area (Å²) in [6, 6.07) is 5.49. The summed E-state index contributed by atoms with van der Waals surface area (Å²) in [4.78, 5) is 0. The fourth-order valence-corrected chi connectivity index (χ4v) is 2.75. The molecule has 0 aromatic heterocycles. The molecule has 0 amide bonds. The topological polar surface area (TPSA) is 57.2 Å². The Morgan fingerprint density at radius 3 is 2.33 bits per heavy atom. The van der Waals surface area contributed by atoms with Crippen LogP contribution in [0.3, 0.4) is 0 Å². The van der Waals surface area contributed by atoms with Crippen LogP contribution in [0, 0.1) is 0 Å². The molecule has 118 valence electrons. The summed E-state index contributed by atoms with van der Waals surface area (Å²) in [5.41, 5.74) is -0.00907. The third-order valence-corrected chi connectivity index (χ3v) is 3.81. The van der Waals surface area contributed by atoms with Crippen molar-refractivity contribution in [1.82, 2.24) is 0 Å². The maximum atomic E-state index is 10.9. The van der Waals surface area contributed by atoms with Crippen LogP contribution < -0.4 is 9.47 Å². The van der Waals surface area contributed by atoms with Gasteiger partial charge < -0.3 is 24.1 Å². The first-order valence-corrected chi connectivity index (χ1v) is 7.30. The molecule has 0 heterocycles. The van der Waals surface area contributed by atoms with Crippen LogP contribution in [0.25, 0.3) is 0 Å². The highest BCUT2D eigenvalue weighted by molar-refractivity contribution is 5.44. The van der Waals surface area contributed by atoms with E-state index in [0.717, 1.165) is 31.2 Å². The van der Waals surface area contributed by atoms with Crippen LogP contribution in [0.15, 0.2) is 18.2 Å². The minimum absolute atomic E-state index is 0.136. The van der Waals surface area contributed by atoms with Crippen molar-refractivity contribution in [3.63, 3.8) is 0 Å². The van der Waals surface area contributed by atoms with E-state index in [1.54, 1.807) is 20.3 Å². The van der Waals surface area contributed by atoms with Gasteiger partial charge in [0, 0.05) is 25.8 Å². The van der Waals surface area contributed by atoms with E-state index in [9.17, 15) is 5.11 Å². The van der Waals surface area contributed by atoms with Gasteiger partial charge in [-0.05, 0) is 25.0 Å². The van der Waals surface area contributed by atoms with Crippen molar-refractivity contribution in [2.24, 2.45) is 0 Å².